The zero-order valence-corrected chi connectivity index (χ0v) is 13.6. The van der Waals surface area contributed by atoms with Gasteiger partial charge in [-0.15, -0.1) is 0 Å². The van der Waals surface area contributed by atoms with Gasteiger partial charge < -0.3 is 14.8 Å². The van der Waals surface area contributed by atoms with E-state index in [9.17, 15) is 0 Å². The van der Waals surface area contributed by atoms with Crippen LogP contribution in [0, 0.1) is 11.8 Å². The summed E-state index contributed by atoms with van der Waals surface area (Å²) in [4.78, 5) is 0. The summed E-state index contributed by atoms with van der Waals surface area (Å²) in [5, 5.41) is 3.65. The van der Waals surface area contributed by atoms with Gasteiger partial charge in [0.1, 0.15) is 0 Å². The van der Waals surface area contributed by atoms with E-state index in [2.05, 4.69) is 19.2 Å². The summed E-state index contributed by atoms with van der Waals surface area (Å²) in [6, 6.07) is 8.54. The van der Waals surface area contributed by atoms with Crippen molar-refractivity contribution in [3.63, 3.8) is 0 Å². The Bertz CT molecular complexity index is 421. The van der Waals surface area contributed by atoms with Crippen molar-refractivity contribution in [2.75, 3.05) is 20.3 Å². The van der Waals surface area contributed by atoms with Gasteiger partial charge in [-0.1, -0.05) is 26.0 Å². The summed E-state index contributed by atoms with van der Waals surface area (Å²) < 4.78 is 11.3. The number of methoxy groups -OCH3 is 1. The fourth-order valence-corrected chi connectivity index (χ4v) is 3.41. The first-order valence-corrected chi connectivity index (χ1v) is 8.23. The van der Waals surface area contributed by atoms with Crippen LogP contribution in [0.3, 0.4) is 0 Å². The molecular formula is C18H29NO2. The van der Waals surface area contributed by atoms with Gasteiger partial charge in [0.2, 0.25) is 0 Å². The van der Waals surface area contributed by atoms with Crippen LogP contribution in [0.1, 0.15) is 39.5 Å². The highest BCUT2D eigenvalue weighted by Gasteiger charge is 2.27. The smallest absolute Gasteiger partial charge is 0.161 e. The van der Waals surface area contributed by atoms with E-state index in [0.717, 1.165) is 42.9 Å². The van der Waals surface area contributed by atoms with E-state index in [1.165, 1.54) is 19.3 Å². The highest BCUT2D eigenvalue weighted by Crippen LogP contribution is 2.32. The maximum atomic E-state index is 5.94. The minimum Gasteiger partial charge on any atom is -0.493 e. The Morgan fingerprint density at radius 3 is 2.67 bits per heavy atom. The summed E-state index contributed by atoms with van der Waals surface area (Å²) in [5.74, 6) is 3.24. The first kappa shape index (κ1) is 16.2. The van der Waals surface area contributed by atoms with Gasteiger partial charge in [-0.25, -0.2) is 0 Å². The van der Waals surface area contributed by atoms with Gasteiger partial charge in [-0.3, -0.25) is 0 Å². The number of ether oxygens (including phenoxy) is 2. The van der Waals surface area contributed by atoms with Gasteiger partial charge in [-0.2, -0.15) is 0 Å². The lowest BCUT2D eigenvalue weighted by Gasteiger charge is -2.35. The van der Waals surface area contributed by atoms with Crippen molar-refractivity contribution < 1.29 is 9.47 Å². The van der Waals surface area contributed by atoms with Crippen LogP contribution < -0.4 is 14.8 Å². The first-order valence-electron chi connectivity index (χ1n) is 8.23. The third-order valence-electron chi connectivity index (χ3n) is 4.53. The fraction of sp³-hybridized carbons (Fsp3) is 0.667. The summed E-state index contributed by atoms with van der Waals surface area (Å²) in [6.07, 6.45) is 5.07. The summed E-state index contributed by atoms with van der Waals surface area (Å²) in [5.41, 5.74) is 0. The maximum absolute atomic E-state index is 5.94. The lowest BCUT2D eigenvalue weighted by molar-refractivity contribution is 0.173. The second-order valence-corrected chi connectivity index (χ2v) is 6.13. The molecular weight excluding hydrogens is 262 g/mol. The second-order valence-electron chi connectivity index (χ2n) is 6.13. The number of hydrogen-bond donors (Lipinski definition) is 1. The van der Waals surface area contributed by atoms with Crippen molar-refractivity contribution in [3.05, 3.63) is 24.3 Å². The lowest BCUT2D eigenvalue weighted by Crippen LogP contribution is -2.40. The van der Waals surface area contributed by atoms with Crippen LogP contribution in [-0.2, 0) is 0 Å². The Hall–Kier alpha value is -1.22. The minimum atomic E-state index is 0.660. The zero-order chi connectivity index (χ0) is 15.1. The van der Waals surface area contributed by atoms with Crippen molar-refractivity contribution in [2.45, 2.75) is 45.6 Å². The number of para-hydroxylation sites is 2. The van der Waals surface area contributed by atoms with E-state index in [-0.39, 0.29) is 0 Å². The largest absolute Gasteiger partial charge is 0.493 e. The summed E-state index contributed by atoms with van der Waals surface area (Å²) in [7, 11) is 1.69. The molecule has 118 valence electrons. The molecule has 0 aromatic heterocycles. The quantitative estimate of drug-likeness (QED) is 0.827. The molecule has 0 heterocycles. The van der Waals surface area contributed by atoms with Crippen LogP contribution in [0.4, 0.5) is 0 Å². The van der Waals surface area contributed by atoms with E-state index in [1.807, 2.05) is 24.3 Å². The molecule has 3 atom stereocenters. The normalized spacial score (nSPS) is 25.6. The molecule has 21 heavy (non-hydrogen) atoms. The second kappa shape index (κ2) is 8.28. The summed E-state index contributed by atoms with van der Waals surface area (Å²) >= 11 is 0. The highest BCUT2D eigenvalue weighted by molar-refractivity contribution is 5.39. The Balaban J connectivity index is 1.85. The van der Waals surface area contributed by atoms with Gasteiger partial charge in [-0.05, 0) is 56.2 Å². The number of hydrogen-bond acceptors (Lipinski definition) is 3. The maximum Gasteiger partial charge on any atom is 0.161 e. The average Bonchev–Trinajstić information content (AvgIpc) is 2.50. The Morgan fingerprint density at radius 2 is 1.95 bits per heavy atom. The van der Waals surface area contributed by atoms with Gasteiger partial charge in [0, 0.05) is 6.04 Å². The lowest BCUT2D eigenvalue weighted by atomic mass is 9.77. The summed E-state index contributed by atoms with van der Waals surface area (Å²) in [6.45, 7) is 6.39. The first-order chi connectivity index (χ1) is 10.2. The molecule has 0 spiro atoms. The van der Waals surface area contributed by atoms with Crippen molar-refractivity contribution in [1.29, 1.82) is 0 Å². The third-order valence-corrected chi connectivity index (χ3v) is 4.53. The van der Waals surface area contributed by atoms with E-state index in [0.29, 0.717) is 6.04 Å². The molecule has 0 saturated heterocycles. The molecule has 1 aliphatic rings. The fourth-order valence-electron chi connectivity index (χ4n) is 3.41. The molecule has 1 saturated carbocycles. The topological polar surface area (TPSA) is 30.5 Å². The van der Waals surface area contributed by atoms with Crippen LogP contribution in [-0.4, -0.2) is 26.3 Å². The van der Waals surface area contributed by atoms with Crippen LogP contribution in [0.25, 0.3) is 0 Å². The number of nitrogens with one attached hydrogen (secondary N) is 1. The molecule has 0 bridgehead atoms. The zero-order valence-electron chi connectivity index (χ0n) is 13.6. The number of benzene rings is 1. The average molecular weight is 291 g/mol. The molecule has 0 aliphatic heterocycles. The monoisotopic (exact) mass is 291 g/mol. The highest BCUT2D eigenvalue weighted by atomic mass is 16.5. The predicted octanol–water partition coefficient (Wildman–Crippen LogP) is 3.88. The third kappa shape index (κ3) is 4.63. The van der Waals surface area contributed by atoms with E-state index >= 15 is 0 Å². The van der Waals surface area contributed by atoms with Crippen LogP contribution in [0.15, 0.2) is 24.3 Å². The molecule has 3 nitrogen and oxygen atoms in total. The molecule has 1 aromatic rings. The molecule has 1 aromatic carbocycles. The van der Waals surface area contributed by atoms with Crippen LogP contribution >= 0.6 is 0 Å². The van der Waals surface area contributed by atoms with Crippen molar-refractivity contribution in [2.24, 2.45) is 11.8 Å². The van der Waals surface area contributed by atoms with E-state index in [1.54, 1.807) is 7.11 Å². The van der Waals surface area contributed by atoms with Gasteiger partial charge in [0.25, 0.3) is 0 Å². The molecule has 1 N–H and O–H groups in total. The van der Waals surface area contributed by atoms with E-state index < -0.39 is 0 Å². The van der Waals surface area contributed by atoms with Gasteiger partial charge in [0.05, 0.1) is 13.7 Å². The van der Waals surface area contributed by atoms with E-state index in [4.69, 9.17) is 9.47 Å². The molecule has 0 radical (unpaired) electrons. The Kier molecular flexibility index (Phi) is 6.37. The molecule has 1 aliphatic carbocycles. The molecule has 3 heteroatoms. The van der Waals surface area contributed by atoms with Crippen molar-refractivity contribution in [1.82, 2.24) is 5.32 Å². The standard InChI is InChI=1S/C18H29NO2/c1-4-19-16-10-9-14(2)13-15(16)11-12-21-18-8-6-5-7-17(18)20-3/h5-8,14-16,19H,4,9-13H2,1-3H3. The Labute approximate surface area is 129 Å². The molecule has 3 unspecified atom stereocenters. The van der Waals surface area contributed by atoms with Crippen molar-refractivity contribution >= 4 is 0 Å². The van der Waals surface area contributed by atoms with Gasteiger partial charge >= 0.3 is 0 Å². The van der Waals surface area contributed by atoms with Crippen LogP contribution in [0.5, 0.6) is 11.5 Å². The van der Waals surface area contributed by atoms with Crippen molar-refractivity contribution in [3.8, 4) is 11.5 Å². The van der Waals surface area contributed by atoms with Crippen LogP contribution in [0.2, 0.25) is 0 Å². The molecule has 0 amide bonds. The number of rotatable bonds is 7. The SMILES string of the molecule is CCNC1CCC(C)CC1CCOc1ccccc1OC. The molecule has 1 fully saturated rings. The molecule has 2 rings (SSSR count). The minimum absolute atomic E-state index is 0.660. The predicted molar refractivity (Wildman–Crippen MR) is 87.1 cm³/mol. The Morgan fingerprint density at radius 1 is 1.19 bits per heavy atom. The van der Waals surface area contributed by atoms with Gasteiger partial charge in [0.15, 0.2) is 11.5 Å².